The molecule has 1 aliphatic heterocycles. The fraction of sp³-hybridized carbons (Fsp3) is 0.600. The molecule has 22 heavy (non-hydrogen) atoms. The minimum Gasteiger partial charge on any atom is -0.346 e. The number of likely N-dealkylation sites (N-methyl/N-ethyl adjacent to an activating group) is 2. The number of amides is 2. The Morgan fingerprint density at radius 3 is 2.55 bits per heavy atom. The van der Waals surface area contributed by atoms with E-state index < -0.39 is 5.54 Å². The number of hydrogen-bond acceptors (Lipinski definition) is 5. The van der Waals surface area contributed by atoms with Crippen molar-refractivity contribution >= 4 is 11.8 Å². The van der Waals surface area contributed by atoms with Crippen molar-refractivity contribution in [3.63, 3.8) is 0 Å². The first-order valence-corrected chi connectivity index (χ1v) is 7.33. The Balaban J connectivity index is 2.48. The zero-order valence-corrected chi connectivity index (χ0v) is 13.6. The normalized spacial score (nSPS) is 21.2. The Morgan fingerprint density at radius 2 is 2.00 bits per heavy atom. The summed E-state index contributed by atoms with van der Waals surface area (Å²) in [6.07, 6.45) is 6.06. The first-order chi connectivity index (χ1) is 10.4. The van der Waals surface area contributed by atoms with Crippen LogP contribution in [0.25, 0.3) is 0 Å². The third-order valence-electron chi connectivity index (χ3n) is 3.88. The van der Waals surface area contributed by atoms with Crippen LogP contribution in [0, 0.1) is 0 Å². The van der Waals surface area contributed by atoms with Gasteiger partial charge < -0.3 is 14.7 Å². The highest BCUT2D eigenvalue weighted by Gasteiger charge is 2.52. The highest BCUT2D eigenvalue weighted by Crippen LogP contribution is 2.39. The Morgan fingerprint density at radius 1 is 1.27 bits per heavy atom. The molecule has 2 heterocycles. The molecule has 7 heteroatoms. The maximum atomic E-state index is 12.9. The lowest BCUT2D eigenvalue weighted by atomic mass is 9.90. The van der Waals surface area contributed by atoms with Gasteiger partial charge in [0.1, 0.15) is 0 Å². The maximum Gasteiger partial charge on any atom is 0.254 e. The van der Waals surface area contributed by atoms with Crippen LogP contribution in [-0.2, 0) is 15.1 Å². The molecule has 0 aromatic carbocycles. The monoisotopic (exact) mass is 305 g/mol. The van der Waals surface area contributed by atoms with Gasteiger partial charge in [0, 0.05) is 33.0 Å². The van der Waals surface area contributed by atoms with Crippen LogP contribution >= 0.6 is 0 Å². The number of carbonyl (C=O) groups excluding carboxylic acids is 2. The van der Waals surface area contributed by atoms with Gasteiger partial charge in [-0.1, -0.05) is 0 Å². The van der Waals surface area contributed by atoms with Crippen LogP contribution in [0.15, 0.2) is 18.6 Å². The van der Waals surface area contributed by atoms with Gasteiger partial charge in [-0.25, -0.2) is 0 Å². The van der Waals surface area contributed by atoms with Crippen LogP contribution in [0.2, 0.25) is 0 Å². The van der Waals surface area contributed by atoms with Gasteiger partial charge in [-0.2, -0.15) is 0 Å². The molecule has 7 nitrogen and oxygen atoms in total. The Labute approximate surface area is 130 Å². The van der Waals surface area contributed by atoms with Crippen molar-refractivity contribution < 1.29 is 9.59 Å². The third-order valence-corrected chi connectivity index (χ3v) is 3.88. The van der Waals surface area contributed by atoms with Crippen LogP contribution in [0.5, 0.6) is 0 Å². The van der Waals surface area contributed by atoms with E-state index in [0.29, 0.717) is 18.7 Å². The van der Waals surface area contributed by atoms with Gasteiger partial charge in [0.25, 0.3) is 5.91 Å². The molecule has 0 radical (unpaired) electrons. The molecule has 2 amide bonds. The van der Waals surface area contributed by atoms with Crippen molar-refractivity contribution in [3.05, 3.63) is 24.3 Å². The molecular formula is C15H23N5O2. The molecule has 1 saturated heterocycles. The topological polar surface area (TPSA) is 69.6 Å². The van der Waals surface area contributed by atoms with E-state index >= 15 is 0 Å². The average molecular weight is 305 g/mol. The van der Waals surface area contributed by atoms with Crippen LogP contribution in [0.3, 0.4) is 0 Å². The van der Waals surface area contributed by atoms with Crippen molar-refractivity contribution in [1.29, 1.82) is 0 Å². The number of rotatable bonds is 4. The van der Waals surface area contributed by atoms with Gasteiger partial charge in [-0.3, -0.25) is 19.6 Å². The minimum atomic E-state index is -1.04. The Hall–Kier alpha value is -2.02. The van der Waals surface area contributed by atoms with E-state index in [0.717, 1.165) is 6.42 Å². The summed E-state index contributed by atoms with van der Waals surface area (Å²) in [5, 5.41) is 0. The Kier molecular flexibility index (Phi) is 4.75. The number of hydrogen-bond donors (Lipinski definition) is 0. The highest BCUT2D eigenvalue weighted by molar-refractivity contribution is 5.93. The highest BCUT2D eigenvalue weighted by atomic mass is 16.2. The van der Waals surface area contributed by atoms with Gasteiger partial charge in [0.2, 0.25) is 5.91 Å². The summed E-state index contributed by atoms with van der Waals surface area (Å²) >= 11 is 0. The lowest BCUT2D eigenvalue weighted by Gasteiger charge is -2.38. The second-order valence-electron chi connectivity index (χ2n) is 6.04. The summed E-state index contributed by atoms with van der Waals surface area (Å²) in [5.74, 6) is -0.194. The number of likely N-dealkylation sites (tertiary alicyclic amines) is 1. The van der Waals surface area contributed by atoms with Gasteiger partial charge in [0.15, 0.2) is 5.54 Å². The van der Waals surface area contributed by atoms with Crippen molar-refractivity contribution in [2.75, 3.05) is 41.3 Å². The maximum absolute atomic E-state index is 12.9. The summed E-state index contributed by atoms with van der Waals surface area (Å²) in [7, 11) is 7.08. The number of aromatic nitrogens is 2. The molecule has 1 fully saturated rings. The first kappa shape index (κ1) is 16.4. The molecular weight excluding hydrogens is 282 g/mol. The van der Waals surface area contributed by atoms with Gasteiger partial charge in [-0.15, -0.1) is 0 Å². The number of carbonyl (C=O) groups is 2. The number of nitrogens with zero attached hydrogens (tertiary/aromatic N) is 5. The van der Waals surface area contributed by atoms with E-state index in [1.54, 1.807) is 37.6 Å². The third kappa shape index (κ3) is 2.81. The average Bonchev–Trinajstić information content (AvgIpc) is 2.92. The van der Waals surface area contributed by atoms with Crippen molar-refractivity contribution in [3.8, 4) is 0 Å². The molecule has 1 aromatic rings. The van der Waals surface area contributed by atoms with Crippen molar-refractivity contribution in [1.82, 2.24) is 24.7 Å². The van der Waals surface area contributed by atoms with Gasteiger partial charge in [-0.05, 0) is 26.9 Å². The van der Waals surface area contributed by atoms with Crippen LogP contribution in [0.4, 0.5) is 0 Å². The molecule has 120 valence electrons. The molecule has 0 N–H and O–H groups in total. The summed E-state index contributed by atoms with van der Waals surface area (Å²) in [6.45, 7) is 0.825. The van der Waals surface area contributed by atoms with Crippen LogP contribution < -0.4 is 0 Å². The predicted molar refractivity (Wildman–Crippen MR) is 81.9 cm³/mol. The van der Waals surface area contributed by atoms with E-state index in [4.69, 9.17) is 0 Å². The minimum absolute atomic E-state index is 0.0663. The zero-order chi connectivity index (χ0) is 16.3. The van der Waals surface area contributed by atoms with Gasteiger partial charge in [0.05, 0.1) is 18.4 Å². The van der Waals surface area contributed by atoms with Crippen LogP contribution in [-0.4, -0.2) is 77.8 Å². The second-order valence-corrected chi connectivity index (χ2v) is 6.04. The molecule has 0 bridgehead atoms. The van der Waals surface area contributed by atoms with E-state index in [-0.39, 0.29) is 18.4 Å². The van der Waals surface area contributed by atoms with E-state index in [9.17, 15) is 9.59 Å². The summed E-state index contributed by atoms with van der Waals surface area (Å²) < 4.78 is 0. The molecule has 2 rings (SSSR count). The quantitative estimate of drug-likeness (QED) is 0.780. The van der Waals surface area contributed by atoms with Crippen molar-refractivity contribution in [2.24, 2.45) is 0 Å². The summed E-state index contributed by atoms with van der Waals surface area (Å²) in [6, 6.07) is 0. The van der Waals surface area contributed by atoms with Gasteiger partial charge >= 0.3 is 0 Å². The first-order valence-electron chi connectivity index (χ1n) is 7.33. The largest absolute Gasteiger partial charge is 0.346 e. The smallest absolute Gasteiger partial charge is 0.254 e. The summed E-state index contributed by atoms with van der Waals surface area (Å²) in [5.41, 5.74) is -0.497. The molecule has 1 unspecified atom stereocenters. The molecule has 0 spiro atoms. The fourth-order valence-electron chi connectivity index (χ4n) is 2.99. The standard InChI is InChI=1S/C15H23N5O2/c1-18(2)11-13(21)20-9-5-6-15(20,14(22)19(3)4)12-10-16-7-8-17-12/h7-8,10H,5-6,9,11H2,1-4H3. The van der Waals surface area contributed by atoms with E-state index in [2.05, 4.69) is 9.97 Å². The Bertz CT molecular complexity index is 546. The van der Waals surface area contributed by atoms with E-state index in [1.807, 2.05) is 19.0 Å². The fourth-order valence-corrected chi connectivity index (χ4v) is 2.99. The summed E-state index contributed by atoms with van der Waals surface area (Å²) in [4.78, 5) is 39.0. The zero-order valence-electron chi connectivity index (χ0n) is 13.6. The van der Waals surface area contributed by atoms with Crippen molar-refractivity contribution in [2.45, 2.75) is 18.4 Å². The second kappa shape index (κ2) is 6.39. The SMILES string of the molecule is CN(C)CC(=O)N1CCCC1(C(=O)N(C)C)c1cnccn1. The lowest BCUT2D eigenvalue weighted by molar-refractivity contribution is -0.151. The molecule has 1 aromatic heterocycles. The van der Waals surface area contributed by atoms with E-state index in [1.165, 1.54) is 4.90 Å². The lowest BCUT2D eigenvalue weighted by Crippen LogP contribution is -2.56. The van der Waals surface area contributed by atoms with Crippen LogP contribution in [0.1, 0.15) is 18.5 Å². The predicted octanol–water partition coefficient (Wildman–Crippen LogP) is -0.0559. The molecule has 1 atom stereocenters. The molecule has 0 saturated carbocycles. The molecule has 1 aliphatic rings. The molecule has 0 aliphatic carbocycles.